The number of rotatable bonds is 7. The molecule has 0 aliphatic heterocycles. The topological polar surface area (TPSA) is 49.4 Å². The normalized spacial score (nSPS) is 16.2. The van der Waals surface area contributed by atoms with E-state index in [1.807, 2.05) is 13.8 Å². The van der Waals surface area contributed by atoms with Crippen molar-refractivity contribution in [2.75, 3.05) is 13.1 Å². The summed E-state index contributed by atoms with van der Waals surface area (Å²) in [5.74, 6) is 0. The molecular weight excluding hydrogens is 348 g/mol. The molecule has 1 N–H and O–H groups in total. The Morgan fingerprint density at radius 2 is 2.05 bits per heavy atom. The quantitative estimate of drug-likeness (QED) is 0.806. The highest BCUT2D eigenvalue weighted by Gasteiger charge is 2.27. The third-order valence-electron chi connectivity index (χ3n) is 3.17. The molecule has 4 nitrogen and oxygen atoms in total. The molecule has 1 saturated carbocycles. The van der Waals surface area contributed by atoms with Crippen molar-refractivity contribution in [2.24, 2.45) is 0 Å². The summed E-state index contributed by atoms with van der Waals surface area (Å²) in [5.41, 5.74) is 0. The smallest absolute Gasteiger partial charge is 0.245 e. The Balaban J connectivity index is 2.18. The largest absolute Gasteiger partial charge is 0.309 e. The Morgan fingerprint density at radius 3 is 2.58 bits per heavy atom. The number of hydrogen-bond acceptors (Lipinski definition) is 4. The van der Waals surface area contributed by atoms with Crippen LogP contribution in [0.25, 0.3) is 0 Å². The Labute approximate surface area is 127 Å². The molecule has 0 amide bonds. The highest BCUT2D eigenvalue weighted by molar-refractivity contribution is 9.11. The van der Waals surface area contributed by atoms with E-state index in [-0.39, 0.29) is 0 Å². The van der Waals surface area contributed by atoms with Crippen molar-refractivity contribution in [3.63, 3.8) is 0 Å². The van der Waals surface area contributed by atoms with Crippen molar-refractivity contribution in [3.8, 4) is 0 Å². The van der Waals surface area contributed by atoms with Gasteiger partial charge in [0.25, 0.3) is 0 Å². The van der Waals surface area contributed by atoms with Crippen molar-refractivity contribution in [3.05, 3.63) is 14.7 Å². The Morgan fingerprint density at radius 1 is 1.42 bits per heavy atom. The maximum absolute atomic E-state index is 12.5. The van der Waals surface area contributed by atoms with Crippen LogP contribution in [0.15, 0.2) is 14.7 Å². The van der Waals surface area contributed by atoms with E-state index in [1.165, 1.54) is 28.5 Å². The van der Waals surface area contributed by atoms with Gasteiger partial charge in [-0.15, -0.1) is 11.3 Å². The molecule has 1 aliphatic carbocycles. The van der Waals surface area contributed by atoms with Crippen LogP contribution in [0.4, 0.5) is 0 Å². The lowest BCUT2D eigenvalue weighted by Crippen LogP contribution is -2.30. The van der Waals surface area contributed by atoms with Crippen LogP contribution in [0.5, 0.6) is 0 Å². The minimum atomic E-state index is -3.36. The number of thiophene rings is 1. The first-order valence-corrected chi connectivity index (χ1v) is 9.55. The maximum Gasteiger partial charge on any atom is 0.245 e. The monoisotopic (exact) mass is 366 g/mol. The zero-order chi connectivity index (χ0) is 14.0. The lowest BCUT2D eigenvalue weighted by Gasteiger charge is -2.17. The van der Waals surface area contributed by atoms with Crippen LogP contribution in [0.3, 0.4) is 0 Å². The predicted molar refractivity (Wildman–Crippen MR) is 82.0 cm³/mol. The molecule has 0 atom stereocenters. The summed E-state index contributed by atoms with van der Waals surface area (Å²) in [7, 11) is -3.36. The van der Waals surface area contributed by atoms with E-state index < -0.39 is 10.0 Å². The summed E-state index contributed by atoms with van der Waals surface area (Å²) in [6, 6.07) is 2.42. The van der Waals surface area contributed by atoms with Gasteiger partial charge in [0.15, 0.2) is 0 Å². The lowest BCUT2D eigenvalue weighted by atomic mass is 10.4. The number of sulfonamides is 1. The van der Waals surface area contributed by atoms with Crippen molar-refractivity contribution in [1.82, 2.24) is 9.62 Å². The van der Waals surface area contributed by atoms with Crippen LogP contribution in [0, 0.1) is 0 Å². The van der Waals surface area contributed by atoms with E-state index in [2.05, 4.69) is 21.2 Å². The molecule has 1 fully saturated rings. The third kappa shape index (κ3) is 3.58. The Hall–Kier alpha value is 0.0500. The minimum Gasteiger partial charge on any atom is -0.309 e. The molecular formula is C12H19BrN2O2S2. The number of nitrogens with zero attached hydrogens (tertiary/aromatic N) is 1. The molecule has 108 valence electrons. The first-order valence-electron chi connectivity index (χ1n) is 6.50. The second-order valence-electron chi connectivity index (χ2n) is 4.60. The van der Waals surface area contributed by atoms with Gasteiger partial charge in [-0.1, -0.05) is 13.8 Å². The Kier molecular flexibility index (Phi) is 5.05. The maximum atomic E-state index is 12.5. The van der Waals surface area contributed by atoms with Gasteiger partial charge in [-0.3, -0.25) is 0 Å². The number of hydrogen-bond donors (Lipinski definition) is 1. The average Bonchev–Trinajstić information content (AvgIpc) is 3.10. The van der Waals surface area contributed by atoms with Crippen molar-refractivity contribution >= 4 is 37.3 Å². The van der Waals surface area contributed by atoms with E-state index in [9.17, 15) is 8.42 Å². The molecule has 1 aliphatic rings. The summed E-state index contributed by atoms with van der Waals surface area (Å²) >= 11 is 4.88. The highest BCUT2D eigenvalue weighted by Crippen LogP contribution is 2.34. The van der Waals surface area contributed by atoms with Gasteiger partial charge < -0.3 is 5.32 Å². The summed E-state index contributed by atoms with van der Waals surface area (Å²) < 4.78 is 27.1. The van der Waals surface area contributed by atoms with E-state index in [0.29, 0.717) is 27.8 Å². The SMILES string of the molecule is CCN(CC)S(=O)(=O)c1cc(CNC2CC2)sc1Br. The average molecular weight is 367 g/mol. The zero-order valence-corrected chi connectivity index (χ0v) is 14.4. The van der Waals surface area contributed by atoms with E-state index >= 15 is 0 Å². The van der Waals surface area contributed by atoms with Gasteiger partial charge in [-0.2, -0.15) is 4.31 Å². The van der Waals surface area contributed by atoms with Crippen LogP contribution in [0.1, 0.15) is 31.6 Å². The fraction of sp³-hybridized carbons (Fsp3) is 0.667. The molecule has 0 unspecified atom stereocenters. The number of halogens is 1. The molecule has 19 heavy (non-hydrogen) atoms. The highest BCUT2D eigenvalue weighted by atomic mass is 79.9. The van der Waals surface area contributed by atoms with Crippen LogP contribution in [-0.2, 0) is 16.6 Å². The van der Waals surface area contributed by atoms with Gasteiger partial charge in [-0.25, -0.2) is 8.42 Å². The molecule has 0 spiro atoms. The molecule has 0 radical (unpaired) electrons. The molecule has 0 aromatic carbocycles. The van der Waals surface area contributed by atoms with E-state index in [0.717, 1.165) is 11.4 Å². The summed E-state index contributed by atoms with van der Waals surface area (Å²) in [6.07, 6.45) is 2.47. The summed E-state index contributed by atoms with van der Waals surface area (Å²) in [5, 5.41) is 3.40. The van der Waals surface area contributed by atoms with Gasteiger partial charge in [-0.05, 0) is 34.8 Å². The molecule has 2 rings (SSSR count). The standard InChI is InChI=1S/C12H19BrN2O2S2/c1-3-15(4-2)19(16,17)11-7-10(18-12(11)13)8-14-9-5-6-9/h7,9,14H,3-6,8H2,1-2H3. The van der Waals surface area contributed by atoms with Crippen LogP contribution in [-0.4, -0.2) is 31.9 Å². The van der Waals surface area contributed by atoms with Gasteiger partial charge in [0.2, 0.25) is 10.0 Å². The lowest BCUT2D eigenvalue weighted by molar-refractivity contribution is 0.445. The van der Waals surface area contributed by atoms with Gasteiger partial charge in [0.05, 0.1) is 3.79 Å². The van der Waals surface area contributed by atoms with Crippen molar-refractivity contribution in [1.29, 1.82) is 0 Å². The molecule has 1 heterocycles. The van der Waals surface area contributed by atoms with E-state index in [1.54, 1.807) is 6.07 Å². The predicted octanol–water partition coefficient (Wildman–Crippen LogP) is 2.79. The zero-order valence-electron chi connectivity index (χ0n) is 11.1. The molecule has 1 aromatic heterocycles. The second kappa shape index (κ2) is 6.22. The second-order valence-corrected chi connectivity index (χ2v) is 8.96. The third-order valence-corrected chi connectivity index (χ3v) is 7.47. The first kappa shape index (κ1) is 15.4. The van der Waals surface area contributed by atoms with Crippen LogP contribution in [0.2, 0.25) is 0 Å². The Bertz CT molecular complexity index is 534. The number of nitrogens with one attached hydrogen (secondary N) is 1. The molecule has 1 aromatic rings. The van der Waals surface area contributed by atoms with Crippen molar-refractivity contribution < 1.29 is 8.42 Å². The van der Waals surface area contributed by atoms with Crippen molar-refractivity contribution in [2.45, 2.75) is 44.2 Å². The van der Waals surface area contributed by atoms with E-state index in [4.69, 9.17) is 0 Å². The van der Waals surface area contributed by atoms with Gasteiger partial charge >= 0.3 is 0 Å². The molecule has 0 bridgehead atoms. The molecule has 0 saturated heterocycles. The summed E-state index contributed by atoms with van der Waals surface area (Å²) in [6.45, 7) is 5.46. The molecule has 7 heteroatoms. The van der Waals surface area contributed by atoms with Crippen LogP contribution < -0.4 is 5.32 Å². The van der Waals surface area contributed by atoms with Crippen LogP contribution >= 0.6 is 27.3 Å². The summed E-state index contributed by atoms with van der Waals surface area (Å²) in [4.78, 5) is 1.46. The van der Waals surface area contributed by atoms with Gasteiger partial charge in [0.1, 0.15) is 4.90 Å². The minimum absolute atomic E-state index is 0.397. The fourth-order valence-electron chi connectivity index (χ4n) is 1.90. The first-order chi connectivity index (χ1) is 8.98. The fourth-order valence-corrected chi connectivity index (χ4v) is 5.94. The van der Waals surface area contributed by atoms with Gasteiger partial charge in [0, 0.05) is 30.6 Å².